The Kier molecular flexibility index (Phi) is 4.13. The predicted octanol–water partition coefficient (Wildman–Crippen LogP) is 1.69. The molecule has 0 unspecified atom stereocenters. The van der Waals surface area contributed by atoms with Crippen LogP contribution in [0.4, 0.5) is 0 Å². The number of nitrogens with one attached hydrogen (secondary N) is 1. The Bertz CT molecular complexity index is 585. The van der Waals surface area contributed by atoms with Gasteiger partial charge in [0.05, 0.1) is 5.56 Å². The van der Waals surface area contributed by atoms with Crippen molar-refractivity contribution in [2.24, 2.45) is 0 Å². The Hall–Kier alpha value is -2.36. The average molecular weight is 256 g/mol. The molecule has 19 heavy (non-hydrogen) atoms. The first kappa shape index (κ1) is 13.1. The summed E-state index contributed by atoms with van der Waals surface area (Å²) < 4.78 is 0. The summed E-state index contributed by atoms with van der Waals surface area (Å²) in [6.45, 7) is 0.641. The van der Waals surface area contributed by atoms with E-state index in [0.29, 0.717) is 12.1 Å². The number of aromatic nitrogens is 1. The quantitative estimate of drug-likeness (QED) is 0.905. The van der Waals surface area contributed by atoms with Crippen LogP contribution in [0.3, 0.4) is 0 Å². The number of carbonyl (C=O) groups excluding carboxylic acids is 1. The van der Waals surface area contributed by atoms with E-state index in [-0.39, 0.29) is 11.5 Å². The predicted molar refractivity (Wildman–Crippen MR) is 74.2 cm³/mol. The van der Waals surface area contributed by atoms with Crippen molar-refractivity contribution in [1.29, 1.82) is 0 Å². The van der Waals surface area contributed by atoms with E-state index in [1.807, 2.05) is 30.3 Å². The summed E-state index contributed by atoms with van der Waals surface area (Å²) in [6.07, 6.45) is 2.26. The Morgan fingerprint density at radius 2 is 1.89 bits per heavy atom. The van der Waals surface area contributed by atoms with Crippen LogP contribution in [0.5, 0.6) is 0 Å². The molecule has 2 aromatic rings. The summed E-state index contributed by atoms with van der Waals surface area (Å²) in [5.74, 6) is -0.0906. The lowest BCUT2D eigenvalue weighted by molar-refractivity contribution is 0.0796. The van der Waals surface area contributed by atoms with Crippen LogP contribution in [-0.4, -0.2) is 29.4 Å². The molecule has 1 heterocycles. The minimum Gasteiger partial charge on any atom is -0.341 e. The molecule has 0 aliphatic rings. The van der Waals surface area contributed by atoms with Gasteiger partial charge < -0.3 is 9.88 Å². The monoisotopic (exact) mass is 256 g/mol. The topological polar surface area (TPSA) is 53.2 Å². The van der Waals surface area contributed by atoms with E-state index in [4.69, 9.17) is 0 Å². The molecule has 0 radical (unpaired) electrons. The summed E-state index contributed by atoms with van der Waals surface area (Å²) in [4.78, 5) is 27.2. The maximum absolute atomic E-state index is 12.1. The molecule has 98 valence electrons. The number of benzene rings is 1. The van der Waals surface area contributed by atoms with Crippen molar-refractivity contribution in [1.82, 2.24) is 9.88 Å². The molecule has 2 rings (SSSR count). The molecule has 1 amide bonds. The zero-order valence-corrected chi connectivity index (χ0v) is 10.8. The van der Waals surface area contributed by atoms with E-state index < -0.39 is 0 Å². The molecule has 1 N–H and O–H groups in total. The van der Waals surface area contributed by atoms with E-state index >= 15 is 0 Å². The summed E-state index contributed by atoms with van der Waals surface area (Å²) >= 11 is 0. The number of H-pyrrole nitrogens is 1. The number of aromatic amines is 1. The second kappa shape index (κ2) is 6.00. The van der Waals surface area contributed by atoms with Crippen LogP contribution < -0.4 is 5.56 Å². The average Bonchev–Trinajstić information content (AvgIpc) is 2.46. The van der Waals surface area contributed by atoms with Gasteiger partial charge in [-0.05, 0) is 18.1 Å². The largest absolute Gasteiger partial charge is 0.341 e. The second-order valence-corrected chi connectivity index (χ2v) is 4.40. The van der Waals surface area contributed by atoms with Gasteiger partial charge in [0.15, 0.2) is 0 Å². The van der Waals surface area contributed by atoms with Gasteiger partial charge in [-0.3, -0.25) is 9.59 Å². The van der Waals surface area contributed by atoms with Crippen LogP contribution in [-0.2, 0) is 6.42 Å². The van der Waals surface area contributed by atoms with Gasteiger partial charge in [0, 0.05) is 25.9 Å². The third-order valence-corrected chi connectivity index (χ3v) is 2.96. The summed E-state index contributed by atoms with van der Waals surface area (Å²) in [7, 11) is 1.76. The highest BCUT2D eigenvalue weighted by Gasteiger charge is 2.11. The van der Waals surface area contributed by atoms with E-state index in [0.717, 1.165) is 6.42 Å². The third kappa shape index (κ3) is 3.55. The molecular weight excluding hydrogens is 240 g/mol. The van der Waals surface area contributed by atoms with Gasteiger partial charge in [-0.2, -0.15) is 0 Å². The van der Waals surface area contributed by atoms with Crippen LogP contribution in [0.25, 0.3) is 0 Å². The lowest BCUT2D eigenvalue weighted by Crippen LogP contribution is -2.29. The molecule has 0 saturated heterocycles. The highest BCUT2D eigenvalue weighted by atomic mass is 16.2. The third-order valence-electron chi connectivity index (χ3n) is 2.96. The number of amides is 1. The first-order chi connectivity index (χ1) is 9.16. The summed E-state index contributed by atoms with van der Waals surface area (Å²) in [5.41, 5.74) is 1.49. The number of nitrogens with zero attached hydrogens (tertiary/aromatic N) is 1. The van der Waals surface area contributed by atoms with Gasteiger partial charge in [0.2, 0.25) is 5.56 Å². The Morgan fingerprint density at radius 1 is 1.16 bits per heavy atom. The van der Waals surface area contributed by atoms with Gasteiger partial charge >= 0.3 is 0 Å². The van der Waals surface area contributed by atoms with Crippen molar-refractivity contribution >= 4 is 5.91 Å². The molecule has 4 heteroatoms. The number of hydrogen-bond acceptors (Lipinski definition) is 2. The van der Waals surface area contributed by atoms with Gasteiger partial charge in [0.25, 0.3) is 5.91 Å². The zero-order chi connectivity index (χ0) is 13.7. The van der Waals surface area contributed by atoms with Crippen molar-refractivity contribution in [3.8, 4) is 0 Å². The van der Waals surface area contributed by atoms with Crippen LogP contribution in [0.15, 0.2) is 53.5 Å². The fraction of sp³-hybridized carbons (Fsp3) is 0.200. The molecule has 0 atom stereocenters. The number of likely N-dealkylation sites (N-methyl/N-ethyl adjacent to an activating group) is 1. The van der Waals surface area contributed by atoms with E-state index in [1.54, 1.807) is 18.0 Å². The number of rotatable bonds is 4. The molecule has 1 aromatic heterocycles. The summed E-state index contributed by atoms with van der Waals surface area (Å²) in [5, 5.41) is 0. The van der Waals surface area contributed by atoms with Crippen LogP contribution in [0.2, 0.25) is 0 Å². The van der Waals surface area contributed by atoms with Gasteiger partial charge in [0.1, 0.15) is 0 Å². The molecule has 0 spiro atoms. The molecule has 0 fully saturated rings. The molecule has 0 saturated carbocycles. The van der Waals surface area contributed by atoms with Gasteiger partial charge in [-0.25, -0.2) is 0 Å². The van der Waals surface area contributed by atoms with Crippen molar-refractivity contribution in [2.75, 3.05) is 13.6 Å². The van der Waals surface area contributed by atoms with Crippen molar-refractivity contribution in [3.05, 3.63) is 70.1 Å². The van der Waals surface area contributed by atoms with E-state index in [1.165, 1.54) is 17.8 Å². The highest BCUT2D eigenvalue weighted by Crippen LogP contribution is 2.04. The molecule has 0 aliphatic heterocycles. The van der Waals surface area contributed by atoms with Crippen molar-refractivity contribution in [3.63, 3.8) is 0 Å². The van der Waals surface area contributed by atoms with Crippen LogP contribution in [0, 0.1) is 0 Å². The minimum absolute atomic E-state index is 0.0906. The SMILES string of the molecule is CN(CCc1ccccc1)C(=O)c1ccc(=O)[nH]c1. The van der Waals surface area contributed by atoms with Crippen molar-refractivity contribution < 1.29 is 4.79 Å². The van der Waals surface area contributed by atoms with Gasteiger partial charge in [-0.1, -0.05) is 30.3 Å². The first-order valence-corrected chi connectivity index (χ1v) is 6.15. The lowest BCUT2D eigenvalue weighted by atomic mass is 10.1. The maximum Gasteiger partial charge on any atom is 0.255 e. The second-order valence-electron chi connectivity index (χ2n) is 4.40. The normalized spacial score (nSPS) is 10.2. The Morgan fingerprint density at radius 3 is 2.53 bits per heavy atom. The summed E-state index contributed by atoms with van der Waals surface area (Å²) in [6, 6.07) is 12.9. The first-order valence-electron chi connectivity index (χ1n) is 6.15. The highest BCUT2D eigenvalue weighted by molar-refractivity contribution is 5.93. The Balaban J connectivity index is 1.96. The number of carbonyl (C=O) groups is 1. The Labute approximate surface area is 111 Å². The standard InChI is InChI=1S/C15H16N2O2/c1-17(10-9-12-5-3-2-4-6-12)15(19)13-7-8-14(18)16-11-13/h2-8,11H,9-10H2,1H3,(H,16,18). The van der Waals surface area contributed by atoms with Gasteiger partial charge in [-0.15, -0.1) is 0 Å². The smallest absolute Gasteiger partial charge is 0.255 e. The lowest BCUT2D eigenvalue weighted by Gasteiger charge is -2.17. The van der Waals surface area contributed by atoms with Crippen LogP contribution >= 0.6 is 0 Å². The maximum atomic E-state index is 12.1. The van der Waals surface area contributed by atoms with E-state index in [9.17, 15) is 9.59 Å². The molecule has 1 aromatic carbocycles. The number of hydrogen-bond donors (Lipinski definition) is 1. The van der Waals surface area contributed by atoms with E-state index in [2.05, 4.69) is 4.98 Å². The molecule has 0 aliphatic carbocycles. The molecule has 0 bridgehead atoms. The fourth-order valence-electron chi connectivity index (χ4n) is 1.81. The fourth-order valence-corrected chi connectivity index (χ4v) is 1.81. The van der Waals surface area contributed by atoms with Crippen LogP contribution in [0.1, 0.15) is 15.9 Å². The number of pyridine rings is 1. The molecular formula is C15H16N2O2. The molecule has 4 nitrogen and oxygen atoms in total. The minimum atomic E-state index is -0.205. The van der Waals surface area contributed by atoms with Crippen molar-refractivity contribution in [2.45, 2.75) is 6.42 Å². The zero-order valence-electron chi connectivity index (χ0n) is 10.8.